The normalized spacial score (nSPS) is 14.7. The lowest BCUT2D eigenvalue weighted by atomic mass is 10.1. The number of nitrogens with one attached hydrogen (secondary N) is 1. The van der Waals surface area contributed by atoms with Gasteiger partial charge in [0.1, 0.15) is 4.70 Å². The lowest BCUT2D eigenvalue weighted by Gasteiger charge is -2.34. The molecule has 9 heteroatoms. The van der Waals surface area contributed by atoms with Crippen molar-refractivity contribution in [3.05, 3.63) is 86.8 Å². The molecule has 35 heavy (non-hydrogen) atoms. The number of H-pyrrole nitrogens is 1. The summed E-state index contributed by atoms with van der Waals surface area (Å²) in [7, 11) is 2.12. The fourth-order valence-corrected chi connectivity index (χ4v) is 5.97. The highest BCUT2D eigenvalue weighted by molar-refractivity contribution is 7.22. The first-order chi connectivity index (χ1) is 17.0. The van der Waals surface area contributed by atoms with Crippen molar-refractivity contribution in [3.63, 3.8) is 0 Å². The van der Waals surface area contributed by atoms with Gasteiger partial charge in [-0.2, -0.15) is 0 Å². The number of pyridine rings is 1. The minimum Gasteiger partial charge on any atom is -0.369 e. The summed E-state index contributed by atoms with van der Waals surface area (Å²) in [5.74, 6) is 0. The second-order valence-corrected chi connectivity index (χ2v) is 10.2. The number of nitrogens with zero attached hydrogens (tertiary/aromatic N) is 4. The van der Waals surface area contributed by atoms with Gasteiger partial charge < -0.3 is 14.8 Å². The summed E-state index contributed by atoms with van der Waals surface area (Å²) in [6.07, 6.45) is 3.34. The minimum absolute atomic E-state index is 0.369. The Morgan fingerprint density at radius 1 is 1.00 bits per heavy atom. The van der Waals surface area contributed by atoms with E-state index in [9.17, 15) is 9.59 Å². The molecule has 4 heterocycles. The number of benzene rings is 2. The van der Waals surface area contributed by atoms with E-state index in [0.717, 1.165) is 53.1 Å². The van der Waals surface area contributed by atoms with Gasteiger partial charge in [-0.25, -0.2) is 9.36 Å². The summed E-state index contributed by atoms with van der Waals surface area (Å²) in [6, 6.07) is 15.4. The highest BCUT2D eigenvalue weighted by Crippen LogP contribution is 2.35. The smallest absolute Gasteiger partial charge is 0.333 e. The number of halogens is 1. The number of aromatic amines is 1. The summed E-state index contributed by atoms with van der Waals surface area (Å²) in [5.41, 5.74) is 2.00. The molecule has 1 aliphatic rings. The Hall–Kier alpha value is -3.46. The van der Waals surface area contributed by atoms with Crippen molar-refractivity contribution in [2.75, 3.05) is 38.1 Å². The lowest BCUT2D eigenvalue weighted by Crippen LogP contribution is -2.44. The zero-order valence-corrected chi connectivity index (χ0v) is 20.6. The maximum atomic E-state index is 13.6. The zero-order valence-electron chi connectivity index (χ0n) is 19.0. The Kier molecular flexibility index (Phi) is 5.44. The summed E-state index contributed by atoms with van der Waals surface area (Å²) >= 11 is 7.69. The molecule has 1 fully saturated rings. The van der Waals surface area contributed by atoms with E-state index in [1.54, 1.807) is 18.5 Å². The second-order valence-electron chi connectivity index (χ2n) is 8.76. The van der Waals surface area contributed by atoms with Crippen LogP contribution in [0.5, 0.6) is 0 Å². The molecule has 5 aromatic rings. The SMILES string of the molecule is CN1CCN(c2ccc3cncc(-n4c(=O)[nH]c5cc(-c6ccccc6Cl)sc5c4=O)c3c2)CC1. The van der Waals surface area contributed by atoms with E-state index < -0.39 is 5.69 Å². The zero-order chi connectivity index (χ0) is 24.1. The largest absolute Gasteiger partial charge is 0.369 e. The number of thiophene rings is 1. The van der Waals surface area contributed by atoms with Crippen LogP contribution in [0.1, 0.15) is 0 Å². The van der Waals surface area contributed by atoms with Crippen LogP contribution in [0.3, 0.4) is 0 Å². The van der Waals surface area contributed by atoms with E-state index in [2.05, 4.69) is 38.9 Å². The summed E-state index contributed by atoms with van der Waals surface area (Å²) in [6.45, 7) is 3.83. The number of anilines is 1. The van der Waals surface area contributed by atoms with Crippen molar-refractivity contribution >= 4 is 49.6 Å². The van der Waals surface area contributed by atoms with Crippen LogP contribution in [0.15, 0.2) is 70.5 Å². The van der Waals surface area contributed by atoms with Crippen LogP contribution in [0.4, 0.5) is 5.69 Å². The predicted molar refractivity (Wildman–Crippen MR) is 143 cm³/mol. The molecule has 0 spiro atoms. The molecule has 6 rings (SSSR count). The number of rotatable bonds is 3. The molecule has 0 bridgehead atoms. The molecule has 0 atom stereocenters. The Bertz CT molecular complexity index is 1700. The third kappa shape index (κ3) is 3.83. The second kappa shape index (κ2) is 8.64. The van der Waals surface area contributed by atoms with Crippen molar-refractivity contribution < 1.29 is 0 Å². The van der Waals surface area contributed by atoms with Crippen LogP contribution in [0, 0.1) is 0 Å². The van der Waals surface area contributed by atoms with Crippen molar-refractivity contribution in [1.82, 2.24) is 19.4 Å². The third-order valence-corrected chi connectivity index (χ3v) is 8.03. The molecule has 2 aromatic carbocycles. The highest BCUT2D eigenvalue weighted by atomic mass is 35.5. The van der Waals surface area contributed by atoms with Crippen molar-refractivity contribution in [2.45, 2.75) is 0 Å². The van der Waals surface area contributed by atoms with Crippen molar-refractivity contribution in [1.29, 1.82) is 0 Å². The van der Waals surface area contributed by atoms with Gasteiger partial charge in [-0.1, -0.05) is 35.9 Å². The van der Waals surface area contributed by atoms with Crippen LogP contribution >= 0.6 is 22.9 Å². The number of piperazine rings is 1. The van der Waals surface area contributed by atoms with E-state index in [0.29, 0.717) is 20.9 Å². The molecule has 0 saturated carbocycles. The summed E-state index contributed by atoms with van der Waals surface area (Å²) < 4.78 is 1.66. The average molecular weight is 504 g/mol. The van der Waals surface area contributed by atoms with Gasteiger partial charge in [-0.3, -0.25) is 9.78 Å². The summed E-state index contributed by atoms with van der Waals surface area (Å²) in [5, 5.41) is 2.28. The molecule has 0 radical (unpaired) electrons. The molecule has 176 valence electrons. The van der Waals surface area contributed by atoms with Crippen LogP contribution < -0.4 is 16.1 Å². The highest BCUT2D eigenvalue weighted by Gasteiger charge is 2.19. The Morgan fingerprint density at radius 2 is 1.80 bits per heavy atom. The van der Waals surface area contributed by atoms with Crippen LogP contribution in [-0.2, 0) is 0 Å². The molecular formula is C26H22ClN5O2S. The van der Waals surface area contributed by atoms with Crippen molar-refractivity contribution in [3.8, 4) is 16.1 Å². The first kappa shape index (κ1) is 22.0. The van der Waals surface area contributed by atoms with E-state index in [1.165, 1.54) is 15.9 Å². The molecule has 3 aromatic heterocycles. The van der Waals surface area contributed by atoms with Gasteiger partial charge in [0, 0.05) is 64.3 Å². The predicted octanol–water partition coefficient (Wildman–Crippen LogP) is 4.36. The Balaban J connectivity index is 1.52. The molecule has 1 saturated heterocycles. The van der Waals surface area contributed by atoms with Crippen LogP contribution in [0.25, 0.3) is 37.1 Å². The monoisotopic (exact) mass is 503 g/mol. The fraction of sp³-hybridized carbons (Fsp3) is 0.192. The van der Waals surface area contributed by atoms with Gasteiger partial charge in [0.15, 0.2) is 0 Å². The molecule has 1 aliphatic heterocycles. The number of hydrogen-bond acceptors (Lipinski definition) is 6. The van der Waals surface area contributed by atoms with Crippen LogP contribution in [0.2, 0.25) is 5.02 Å². The number of hydrogen-bond donors (Lipinski definition) is 1. The number of aromatic nitrogens is 3. The van der Waals surface area contributed by atoms with Gasteiger partial charge in [0.2, 0.25) is 0 Å². The van der Waals surface area contributed by atoms with E-state index in [4.69, 9.17) is 11.6 Å². The summed E-state index contributed by atoms with van der Waals surface area (Å²) in [4.78, 5) is 39.5. The van der Waals surface area contributed by atoms with Gasteiger partial charge in [-0.05, 0) is 31.3 Å². The topological polar surface area (TPSA) is 74.2 Å². The number of fused-ring (bicyclic) bond motifs is 2. The first-order valence-corrected chi connectivity index (χ1v) is 12.5. The Morgan fingerprint density at radius 3 is 2.60 bits per heavy atom. The standard InChI is InChI=1S/C26H22ClN5O2S/c1-30-8-10-31(11-9-30)17-7-6-16-14-28-15-22(19(16)12-17)32-25(33)24-21(29-26(32)34)13-23(35-24)18-4-2-3-5-20(18)27/h2-7,12-15H,8-11H2,1H3,(H,29,34). The molecule has 0 aliphatic carbocycles. The quantitative estimate of drug-likeness (QED) is 0.396. The molecular weight excluding hydrogens is 482 g/mol. The van der Waals surface area contributed by atoms with Crippen LogP contribution in [-0.4, -0.2) is 52.7 Å². The molecule has 1 N–H and O–H groups in total. The minimum atomic E-state index is -0.495. The first-order valence-electron chi connectivity index (χ1n) is 11.3. The van der Waals surface area contributed by atoms with Gasteiger partial charge in [-0.15, -0.1) is 11.3 Å². The van der Waals surface area contributed by atoms with E-state index >= 15 is 0 Å². The van der Waals surface area contributed by atoms with Gasteiger partial charge in [0.05, 0.1) is 17.4 Å². The number of likely N-dealkylation sites (N-methyl/N-ethyl adjacent to an activating group) is 1. The molecule has 0 amide bonds. The maximum Gasteiger partial charge on any atom is 0.333 e. The lowest BCUT2D eigenvalue weighted by molar-refractivity contribution is 0.313. The van der Waals surface area contributed by atoms with E-state index in [-0.39, 0.29) is 5.56 Å². The third-order valence-electron chi connectivity index (χ3n) is 6.55. The fourth-order valence-electron chi connectivity index (χ4n) is 4.60. The van der Waals surface area contributed by atoms with Gasteiger partial charge in [0.25, 0.3) is 5.56 Å². The average Bonchev–Trinajstić information content (AvgIpc) is 3.28. The molecule has 0 unspecified atom stereocenters. The molecule has 7 nitrogen and oxygen atoms in total. The maximum absolute atomic E-state index is 13.6. The Labute approximate surface area is 209 Å². The van der Waals surface area contributed by atoms with E-state index in [1.807, 2.05) is 30.3 Å². The van der Waals surface area contributed by atoms with Crippen molar-refractivity contribution in [2.24, 2.45) is 0 Å². The van der Waals surface area contributed by atoms with Gasteiger partial charge >= 0.3 is 5.69 Å².